The van der Waals surface area contributed by atoms with Crippen LogP contribution in [0.4, 0.5) is 0 Å². The number of nitrogens with one attached hydrogen (secondary N) is 1. The van der Waals surface area contributed by atoms with Crippen LogP contribution in [-0.2, 0) is 4.74 Å². The monoisotopic (exact) mass is 151 g/mol. The van der Waals surface area contributed by atoms with Crippen LogP contribution in [0.3, 0.4) is 0 Å². The van der Waals surface area contributed by atoms with Crippen molar-refractivity contribution in [2.75, 3.05) is 7.11 Å². The maximum Gasteiger partial charge on any atom is 0.213 e. The van der Waals surface area contributed by atoms with Crippen molar-refractivity contribution in [1.29, 1.82) is 5.41 Å². The summed E-state index contributed by atoms with van der Waals surface area (Å²) < 4.78 is 4.66. The number of ether oxygens (including phenoxy) is 1. The number of hydrogen-bond donors (Lipinski definition) is 2. The molecule has 3 heteroatoms. The highest BCUT2D eigenvalue weighted by molar-refractivity contribution is 5.91. The summed E-state index contributed by atoms with van der Waals surface area (Å²) in [4.78, 5) is 0. The lowest BCUT2D eigenvalue weighted by Gasteiger charge is -2.01. The van der Waals surface area contributed by atoms with Gasteiger partial charge in [-0.2, -0.15) is 0 Å². The van der Waals surface area contributed by atoms with Gasteiger partial charge in [0, 0.05) is 5.56 Å². The summed E-state index contributed by atoms with van der Waals surface area (Å²) in [5.74, 6) is 0.199. The summed E-state index contributed by atoms with van der Waals surface area (Å²) in [5.41, 5.74) is 0.576. The maximum absolute atomic E-state index is 9.01. The first kappa shape index (κ1) is 7.60. The zero-order valence-corrected chi connectivity index (χ0v) is 6.16. The van der Waals surface area contributed by atoms with E-state index in [1.54, 1.807) is 18.2 Å². The summed E-state index contributed by atoms with van der Waals surface area (Å²) in [6.45, 7) is 0. The van der Waals surface area contributed by atoms with Crippen molar-refractivity contribution in [1.82, 2.24) is 0 Å². The Hall–Kier alpha value is -1.51. The summed E-state index contributed by atoms with van der Waals surface area (Å²) >= 11 is 0. The molecular formula is C8H9NO2. The molecule has 0 saturated carbocycles. The molecule has 3 nitrogen and oxygen atoms in total. The molecule has 0 unspecified atom stereocenters. The molecule has 0 radical (unpaired) electrons. The second kappa shape index (κ2) is 3.05. The quantitative estimate of drug-likeness (QED) is 0.470. The second-order valence-electron chi connectivity index (χ2n) is 2.08. The molecule has 1 rings (SSSR count). The van der Waals surface area contributed by atoms with Gasteiger partial charge in [0.15, 0.2) is 0 Å². The standard InChI is InChI=1S/C8H9NO2/c1-11-8(9)6-3-2-4-7(10)5-6/h2-5,9-10H,1H3. The molecule has 0 amide bonds. The number of rotatable bonds is 1. The van der Waals surface area contributed by atoms with Crippen LogP contribution in [0.15, 0.2) is 24.3 Å². The summed E-state index contributed by atoms with van der Waals surface area (Å²) in [6.07, 6.45) is 0. The van der Waals surface area contributed by atoms with Crippen molar-refractivity contribution in [3.8, 4) is 5.75 Å². The van der Waals surface area contributed by atoms with Crippen LogP contribution >= 0.6 is 0 Å². The van der Waals surface area contributed by atoms with Gasteiger partial charge >= 0.3 is 0 Å². The fourth-order valence-corrected chi connectivity index (χ4v) is 0.765. The van der Waals surface area contributed by atoms with Crippen molar-refractivity contribution in [3.63, 3.8) is 0 Å². The molecule has 0 aromatic heterocycles. The third kappa shape index (κ3) is 1.70. The molecule has 0 heterocycles. The number of phenolic OH excluding ortho intramolecular Hbond substituents is 1. The first-order valence-electron chi connectivity index (χ1n) is 3.16. The number of aromatic hydroxyl groups is 1. The van der Waals surface area contributed by atoms with Gasteiger partial charge < -0.3 is 9.84 Å². The minimum absolute atomic E-state index is 0.0564. The third-order valence-corrected chi connectivity index (χ3v) is 1.31. The molecule has 0 aliphatic carbocycles. The minimum atomic E-state index is 0.0564. The fraction of sp³-hybridized carbons (Fsp3) is 0.125. The highest BCUT2D eigenvalue weighted by Gasteiger charge is 1.99. The highest BCUT2D eigenvalue weighted by atomic mass is 16.5. The summed E-state index contributed by atoms with van der Waals surface area (Å²) in [6, 6.07) is 6.39. The zero-order chi connectivity index (χ0) is 8.27. The van der Waals surface area contributed by atoms with Gasteiger partial charge in [0.25, 0.3) is 0 Å². The van der Waals surface area contributed by atoms with E-state index in [4.69, 9.17) is 10.5 Å². The van der Waals surface area contributed by atoms with E-state index in [2.05, 4.69) is 4.74 Å². The topological polar surface area (TPSA) is 53.3 Å². The predicted molar refractivity (Wildman–Crippen MR) is 41.9 cm³/mol. The second-order valence-corrected chi connectivity index (χ2v) is 2.08. The average molecular weight is 151 g/mol. The van der Waals surface area contributed by atoms with Gasteiger partial charge in [-0.3, -0.25) is 5.41 Å². The Morgan fingerprint density at radius 3 is 2.82 bits per heavy atom. The average Bonchev–Trinajstić information content (AvgIpc) is 2.03. The van der Waals surface area contributed by atoms with Crippen molar-refractivity contribution in [3.05, 3.63) is 29.8 Å². The molecule has 0 atom stereocenters. The normalized spacial score (nSPS) is 9.18. The minimum Gasteiger partial charge on any atom is -0.508 e. The van der Waals surface area contributed by atoms with Gasteiger partial charge in [-0.1, -0.05) is 6.07 Å². The summed E-state index contributed by atoms with van der Waals surface area (Å²) in [5, 5.41) is 16.2. The molecule has 2 N–H and O–H groups in total. The molecule has 11 heavy (non-hydrogen) atoms. The van der Waals surface area contributed by atoms with Crippen molar-refractivity contribution in [2.45, 2.75) is 0 Å². The van der Waals surface area contributed by atoms with E-state index >= 15 is 0 Å². The van der Waals surface area contributed by atoms with Crippen molar-refractivity contribution < 1.29 is 9.84 Å². The lowest BCUT2D eigenvalue weighted by Crippen LogP contribution is -1.99. The molecule has 1 aromatic rings. The Labute approximate surface area is 64.8 Å². The van der Waals surface area contributed by atoms with Crippen LogP contribution in [0.1, 0.15) is 5.56 Å². The molecule has 58 valence electrons. The van der Waals surface area contributed by atoms with E-state index in [0.717, 1.165) is 0 Å². The first-order chi connectivity index (χ1) is 5.24. The first-order valence-corrected chi connectivity index (χ1v) is 3.16. The molecule has 0 fully saturated rings. The van der Waals surface area contributed by atoms with Crippen LogP contribution in [0, 0.1) is 5.41 Å². The van der Waals surface area contributed by atoms with E-state index in [0.29, 0.717) is 5.56 Å². The van der Waals surface area contributed by atoms with Crippen LogP contribution in [0.5, 0.6) is 5.75 Å². The smallest absolute Gasteiger partial charge is 0.213 e. The van der Waals surface area contributed by atoms with Gasteiger partial charge in [-0.05, 0) is 18.2 Å². The van der Waals surface area contributed by atoms with Crippen molar-refractivity contribution in [2.24, 2.45) is 0 Å². The van der Waals surface area contributed by atoms with Crippen LogP contribution in [0.25, 0.3) is 0 Å². The van der Waals surface area contributed by atoms with Crippen LogP contribution in [-0.4, -0.2) is 18.1 Å². The number of benzene rings is 1. The predicted octanol–water partition coefficient (Wildman–Crippen LogP) is 1.36. The molecule has 1 aromatic carbocycles. The van der Waals surface area contributed by atoms with Crippen LogP contribution < -0.4 is 0 Å². The van der Waals surface area contributed by atoms with Gasteiger partial charge in [0.05, 0.1) is 7.11 Å². The molecular weight excluding hydrogens is 142 g/mol. The van der Waals surface area contributed by atoms with Crippen LogP contribution in [0.2, 0.25) is 0 Å². The Balaban J connectivity index is 2.96. The SMILES string of the molecule is COC(=N)c1cccc(O)c1. The highest BCUT2D eigenvalue weighted by Crippen LogP contribution is 2.10. The Morgan fingerprint density at radius 1 is 1.55 bits per heavy atom. The molecule has 0 aliphatic heterocycles. The van der Waals surface area contributed by atoms with E-state index in [1.165, 1.54) is 13.2 Å². The van der Waals surface area contributed by atoms with E-state index < -0.39 is 0 Å². The van der Waals surface area contributed by atoms with E-state index in [9.17, 15) is 0 Å². The summed E-state index contributed by atoms with van der Waals surface area (Å²) in [7, 11) is 1.42. The zero-order valence-electron chi connectivity index (χ0n) is 6.16. The van der Waals surface area contributed by atoms with Gasteiger partial charge in [0.1, 0.15) is 5.75 Å². The van der Waals surface area contributed by atoms with Gasteiger partial charge in [0.2, 0.25) is 5.90 Å². The van der Waals surface area contributed by atoms with Gasteiger partial charge in [-0.25, -0.2) is 0 Å². The Bertz CT molecular complexity index is 271. The number of phenols is 1. The van der Waals surface area contributed by atoms with Gasteiger partial charge in [-0.15, -0.1) is 0 Å². The van der Waals surface area contributed by atoms with E-state index in [-0.39, 0.29) is 11.6 Å². The number of hydrogen-bond acceptors (Lipinski definition) is 3. The molecule has 0 aliphatic rings. The molecule has 0 saturated heterocycles. The Kier molecular flexibility index (Phi) is 2.11. The Morgan fingerprint density at radius 2 is 2.27 bits per heavy atom. The van der Waals surface area contributed by atoms with E-state index in [1.807, 2.05) is 0 Å². The third-order valence-electron chi connectivity index (χ3n) is 1.31. The maximum atomic E-state index is 9.01. The lowest BCUT2D eigenvalue weighted by atomic mass is 10.2. The lowest BCUT2D eigenvalue weighted by molar-refractivity contribution is 0.400. The van der Waals surface area contributed by atoms with Crippen molar-refractivity contribution >= 4 is 5.90 Å². The largest absolute Gasteiger partial charge is 0.508 e. The fourth-order valence-electron chi connectivity index (χ4n) is 0.765. The number of methoxy groups -OCH3 is 1. The molecule has 0 bridgehead atoms. The molecule has 0 spiro atoms.